The average Bonchev–Trinajstić information content (AvgIpc) is 2.80. The van der Waals surface area contributed by atoms with Gasteiger partial charge in [0.25, 0.3) is 0 Å². The number of carbonyl (C=O) groups is 1. The second kappa shape index (κ2) is 9.35. The highest BCUT2D eigenvalue weighted by Gasteiger charge is 2.23. The lowest BCUT2D eigenvalue weighted by molar-refractivity contribution is 0.194. The molecular formula is C25H26N2O3. The van der Waals surface area contributed by atoms with Gasteiger partial charge in [-0.05, 0) is 66.3 Å². The Labute approximate surface area is 176 Å². The number of amides is 2. The van der Waals surface area contributed by atoms with E-state index in [9.17, 15) is 9.90 Å². The molecule has 3 aromatic rings. The summed E-state index contributed by atoms with van der Waals surface area (Å²) in [6.07, 6.45) is 1.84. The maximum absolute atomic E-state index is 12.6. The molecular weight excluding hydrogens is 376 g/mol. The Bertz CT molecular complexity index is 948. The predicted molar refractivity (Wildman–Crippen MR) is 118 cm³/mol. The molecule has 0 atom stereocenters. The van der Waals surface area contributed by atoms with Crippen LogP contribution in [0.2, 0.25) is 0 Å². The van der Waals surface area contributed by atoms with Gasteiger partial charge in [0.1, 0.15) is 18.1 Å². The van der Waals surface area contributed by atoms with Crippen molar-refractivity contribution in [2.75, 3.05) is 18.4 Å². The largest absolute Gasteiger partial charge is 0.508 e. The summed E-state index contributed by atoms with van der Waals surface area (Å²) in [5, 5.41) is 12.4. The van der Waals surface area contributed by atoms with Crippen LogP contribution in [0.1, 0.15) is 29.9 Å². The molecule has 1 fully saturated rings. The smallest absolute Gasteiger partial charge is 0.321 e. The van der Waals surface area contributed by atoms with Gasteiger partial charge in [-0.15, -0.1) is 0 Å². The number of nitrogens with one attached hydrogen (secondary N) is 1. The number of anilines is 1. The van der Waals surface area contributed by atoms with Gasteiger partial charge in [-0.2, -0.15) is 0 Å². The number of rotatable bonds is 5. The van der Waals surface area contributed by atoms with Crippen LogP contribution in [0.4, 0.5) is 10.5 Å². The molecule has 1 saturated heterocycles. The van der Waals surface area contributed by atoms with Gasteiger partial charge in [-0.3, -0.25) is 0 Å². The van der Waals surface area contributed by atoms with Gasteiger partial charge in [0.15, 0.2) is 0 Å². The summed E-state index contributed by atoms with van der Waals surface area (Å²) in [6.45, 7) is 1.95. The highest BCUT2D eigenvalue weighted by Crippen LogP contribution is 2.29. The first-order chi connectivity index (χ1) is 14.7. The Hall–Kier alpha value is -3.47. The van der Waals surface area contributed by atoms with Gasteiger partial charge < -0.3 is 20.1 Å². The number of phenolic OH excluding ortho intramolecular Hbond substituents is 1. The average molecular weight is 402 g/mol. The molecule has 0 bridgehead atoms. The maximum atomic E-state index is 12.6. The summed E-state index contributed by atoms with van der Waals surface area (Å²) in [7, 11) is 0. The van der Waals surface area contributed by atoms with Crippen molar-refractivity contribution in [2.24, 2.45) is 0 Å². The molecule has 2 amide bonds. The molecule has 2 N–H and O–H groups in total. The summed E-state index contributed by atoms with van der Waals surface area (Å²) in [4.78, 5) is 14.5. The number of likely N-dealkylation sites (tertiary alicyclic amines) is 1. The van der Waals surface area contributed by atoms with Crippen molar-refractivity contribution in [3.8, 4) is 11.5 Å². The van der Waals surface area contributed by atoms with Gasteiger partial charge in [-0.25, -0.2) is 4.79 Å². The lowest BCUT2D eigenvalue weighted by Crippen LogP contribution is -2.40. The predicted octanol–water partition coefficient (Wildman–Crippen LogP) is 5.38. The number of nitrogens with zero attached hydrogens (tertiary/aromatic N) is 1. The summed E-state index contributed by atoms with van der Waals surface area (Å²) in [6, 6.07) is 24.8. The Morgan fingerprint density at radius 1 is 0.933 bits per heavy atom. The second-order valence-corrected chi connectivity index (χ2v) is 7.58. The number of piperidine rings is 1. The zero-order valence-electron chi connectivity index (χ0n) is 16.8. The third kappa shape index (κ3) is 5.11. The molecule has 30 heavy (non-hydrogen) atoms. The first-order valence-corrected chi connectivity index (χ1v) is 10.3. The lowest BCUT2D eigenvalue weighted by Gasteiger charge is -2.32. The van der Waals surface area contributed by atoms with Crippen LogP contribution in [-0.4, -0.2) is 29.1 Å². The summed E-state index contributed by atoms with van der Waals surface area (Å²) in [5.74, 6) is 1.48. The zero-order valence-corrected chi connectivity index (χ0v) is 16.8. The van der Waals surface area contributed by atoms with E-state index in [1.54, 1.807) is 12.1 Å². The van der Waals surface area contributed by atoms with Crippen LogP contribution in [0.25, 0.3) is 0 Å². The molecule has 5 nitrogen and oxygen atoms in total. The Kier molecular flexibility index (Phi) is 6.18. The summed E-state index contributed by atoms with van der Waals surface area (Å²) < 4.78 is 5.79. The van der Waals surface area contributed by atoms with Gasteiger partial charge in [0.2, 0.25) is 0 Å². The van der Waals surface area contributed by atoms with Crippen molar-refractivity contribution >= 4 is 11.7 Å². The highest BCUT2D eigenvalue weighted by atomic mass is 16.5. The maximum Gasteiger partial charge on any atom is 0.321 e. The molecule has 1 aliphatic rings. The minimum atomic E-state index is -0.0721. The topological polar surface area (TPSA) is 61.8 Å². The van der Waals surface area contributed by atoms with Crippen molar-refractivity contribution in [3.05, 3.63) is 90.0 Å². The van der Waals surface area contributed by atoms with Crippen molar-refractivity contribution < 1.29 is 14.6 Å². The normalized spacial score (nSPS) is 14.3. The number of ether oxygens (including phenoxy) is 1. The fourth-order valence-corrected chi connectivity index (χ4v) is 3.74. The van der Waals surface area contributed by atoms with Gasteiger partial charge >= 0.3 is 6.03 Å². The first-order valence-electron chi connectivity index (χ1n) is 10.3. The molecule has 3 aromatic carbocycles. The molecule has 1 heterocycles. The molecule has 0 unspecified atom stereocenters. The number of aromatic hydroxyl groups is 1. The number of hydrogen-bond acceptors (Lipinski definition) is 3. The van der Waals surface area contributed by atoms with Gasteiger partial charge in [0, 0.05) is 18.8 Å². The minimum Gasteiger partial charge on any atom is -0.508 e. The molecule has 4 rings (SSSR count). The third-order valence-electron chi connectivity index (χ3n) is 5.50. The van der Waals surface area contributed by atoms with E-state index in [1.165, 1.54) is 5.56 Å². The molecule has 0 aliphatic carbocycles. The Morgan fingerprint density at radius 3 is 2.27 bits per heavy atom. The molecule has 0 radical (unpaired) electrons. The van der Waals surface area contributed by atoms with Crippen LogP contribution in [0.15, 0.2) is 78.9 Å². The van der Waals surface area contributed by atoms with Crippen LogP contribution in [0.3, 0.4) is 0 Å². The van der Waals surface area contributed by atoms with E-state index in [-0.39, 0.29) is 11.8 Å². The molecule has 0 aromatic heterocycles. The fraction of sp³-hybridized carbons (Fsp3) is 0.240. The molecule has 154 valence electrons. The van der Waals surface area contributed by atoms with Crippen molar-refractivity contribution in [3.63, 3.8) is 0 Å². The summed E-state index contributed by atoms with van der Waals surface area (Å²) in [5.41, 5.74) is 3.09. The van der Waals surface area contributed by atoms with E-state index >= 15 is 0 Å². The van der Waals surface area contributed by atoms with Crippen LogP contribution in [0, 0.1) is 0 Å². The second-order valence-electron chi connectivity index (χ2n) is 7.58. The number of urea groups is 1. The molecule has 1 aliphatic heterocycles. The number of carbonyl (C=O) groups excluding carboxylic acids is 1. The Morgan fingerprint density at radius 2 is 1.60 bits per heavy atom. The minimum absolute atomic E-state index is 0.0721. The fourth-order valence-electron chi connectivity index (χ4n) is 3.74. The molecule has 0 spiro atoms. The first kappa shape index (κ1) is 19.8. The SMILES string of the molecule is O=C(Nc1ccc(OCc2ccccc2)cc1)N1CCC(c2ccc(O)cc2)CC1. The van der Waals surface area contributed by atoms with E-state index in [0.717, 1.165) is 42.9 Å². The van der Waals surface area contributed by atoms with E-state index in [0.29, 0.717) is 12.5 Å². The standard InChI is InChI=1S/C25H26N2O3/c28-23-10-6-20(7-11-23)21-14-16-27(17-15-21)25(29)26-22-8-12-24(13-9-22)30-18-19-4-2-1-3-5-19/h1-13,21,28H,14-18H2,(H,26,29). The Balaban J connectivity index is 1.25. The lowest BCUT2D eigenvalue weighted by atomic mass is 9.89. The van der Waals surface area contributed by atoms with Crippen LogP contribution >= 0.6 is 0 Å². The quantitative estimate of drug-likeness (QED) is 0.602. The number of hydrogen-bond donors (Lipinski definition) is 2. The van der Waals surface area contributed by atoms with Crippen LogP contribution < -0.4 is 10.1 Å². The monoisotopic (exact) mass is 402 g/mol. The number of benzene rings is 3. The molecule has 0 saturated carbocycles. The van der Waals surface area contributed by atoms with E-state index in [1.807, 2.05) is 71.6 Å². The number of phenols is 1. The van der Waals surface area contributed by atoms with Crippen molar-refractivity contribution in [2.45, 2.75) is 25.4 Å². The van der Waals surface area contributed by atoms with Crippen molar-refractivity contribution in [1.82, 2.24) is 4.90 Å². The van der Waals surface area contributed by atoms with Crippen LogP contribution in [-0.2, 0) is 6.61 Å². The zero-order chi connectivity index (χ0) is 20.8. The van der Waals surface area contributed by atoms with Gasteiger partial charge in [0.05, 0.1) is 0 Å². The van der Waals surface area contributed by atoms with Gasteiger partial charge in [-0.1, -0.05) is 42.5 Å². The van der Waals surface area contributed by atoms with E-state index < -0.39 is 0 Å². The third-order valence-corrected chi connectivity index (χ3v) is 5.50. The van der Waals surface area contributed by atoms with Crippen molar-refractivity contribution in [1.29, 1.82) is 0 Å². The van der Waals surface area contributed by atoms with E-state index in [2.05, 4.69) is 5.32 Å². The summed E-state index contributed by atoms with van der Waals surface area (Å²) >= 11 is 0. The van der Waals surface area contributed by atoms with Crippen LogP contribution in [0.5, 0.6) is 11.5 Å². The molecule has 5 heteroatoms. The highest BCUT2D eigenvalue weighted by molar-refractivity contribution is 5.89. The van der Waals surface area contributed by atoms with E-state index in [4.69, 9.17) is 4.74 Å².